The normalized spacial score (nSPS) is 10.5. The molecule has 90 valence electrons. The number of halogens is 1. The molecule has 0 spiro atoms. The zero-order valence-corrected chi connectivity index (χ0v) is 10.4. The SMILES string of the molecule is CCCc1nc(Cl)cc(NCc2ccoc2)n1. The quantitative estimate of drug-likeness (QED) is 0.829. The molecule has 2 heterocycles. The van der Waals surface area contributed by atoms with Crippen LogP contribution in [-0.4, -0.2) is 9.97 Å². The van der Waals surface area contributed by atoms with Crippen molar-refractivity contribution < 1.29 is 4.42 Å². The Hall–Kier alpha value is -1.55. The molecule has 0 saturated carbocycles. The van der Waals surface area contributed by atoms with Crippen LogP contribution >= 0.6 is 11.6 Å². The van der Waals surface area contributed by atoms with Crippen LogP contribution in [-0.2, 0) is 13.0 Å². The number of rotatable bonds is 5. The zero-order valence-electron chi connectivity index (χ0n) is 9.61. The first-order valence-electron chi connectivity index (χ1n) is 5.56. The second-order valence-corrected chi connectivity index (χ2v) is 4.11. The van der Waals surface area contributed by atoms with Crippen LogP contribution in [0.15, 0.2) is 29.1 Å². The smallest absolute Gasteiger partial charge is 0.134 e. The predicted octanol–water partition coefficient (Wildman–Crippen LogP) is 3.29. The van der Waals surface area contributed by atoms with Gasteiger partial charge in [0.25, 0.3) is 0 Å². The van der Waals surface area contributed by atoms with Crippen LogP contribution in [0.5, 0.6) is 0 Å². The van der Waals surface area contributed by atoms with Gasteiger partial charge in [-0.3, -0.25) is 0 Å². The van der Waals surface area contributed by atoms with E-state index in [4.69, 9.17) is 16.0 Å². The third-order valence-electron chi connectivity index (χ3n) is 2.27. The Kier molecular flexibility index (Phi) is 3.98. The molecular formula is C12H14ClN3O. The van der Waals surface area contributed by atoms with E-state index in [2.05, 4.69) is 22.2 Å². The van der Waals surface area contributed by atoms with Gasteiger partial charge in [0.1, 0.15) is 16.8 Å². The fourth-order valence-corrected chi connectivity index (χ4v) is 1.68. The lowest BCUT2D eigenvalue weighted by atomic mass is 10.3. The van der Waals surface area contributed by atoms with Gasteiger partial charge in [-0.1, -0.05) is 18.5 Å². The van der Waals surface area contributed by atoms with Crippen LogP contribution < -0.4 is 5.32 Å². The van der Waals surface area contributed by atoms with E-state index in [1.807, 2.05) is 6.07 Å². The molecule has 0 amide bonds. The van der Waals surface area contributed by atoms with Gasteiger partial charge in [-0.15, -0.1) is 0 Å². The molecule has 2 aromatic heterocycles. The third kappa shape index (κ3) is 3.46. The Bertz CT molecular complexity index is 471. The summed E-state index contributed by atoms with van der Waals surface area (Å²) in [5.41, 5.74) is 1.07. The highest BCUT2D eigenvalue weighted by Gasteiger charge is 2.03. The van der Waals surface area contributed by atoms with Gasteiger partial charge in [0, 0.05) is 24.6 Å². The first-order valence-corrected chi connectivity index (χ1v) is 5.94. The Morgan fingerprint density at radius 3 is 3.00 bits per heavy atom. The molecular weight excluding hydrogens is 238 g/mol. The highest BCUT2D eigenvalue weighted by molar-refractivity contribution is 6.29. The summed E-state index contributed by atoms with van der Waals surface area (Å²) in [5, 5.41) is 3.66. The average Bonchev–Trinajstić information content (AvgIpc) is 2.79. The van der Waals surface area contributed by atoms with Crippen LogP contribution in [0, 0.1) is 0 Å². The number of nitrogens with zero attached hydrogens (tertiary/aromatic N) is 2. The molecule has 0 aliphatic rings. The van der Waals surface area contributed by atoms with Crippen LogP contribution in [0.25, 0.3) is 0 Å². The number of nitrogens with one attached hydrogen (secondary N) is 1. The van der Waals surface area contributed by atoms with E-state index in [0.29, 0.717) is 11.7 Å². The largest absolute Gasteiger partial charge is 0.472 e. The molecule has 0 saturated heterocycles. The fourth-order valence-electron chi connectivity index (χ4n) is 1.48. The van der Waals surface area contributed by atoms with E-state index in [9.17, 15) is 0 Å². The average molecular weight is 252 g/mol. The molecule has 17 heavy (non-hydrogen) atoms. The molecule has 0 aliphatic carbocycles. The number of furan rings is 1. The van der Waals surface area contributed by atoms with Gasteiger partial charge in [-0.25, -0.2) is 9.97 Å². The maximum Gasteiger partial charge on any atom is 0.134 e. The summed E-state index contributed by atoms with van der Waals surface area (Å²) in [6, 6.07) is 3.63. The highest BCUT2D eigenvalue weighted by Crippen LogP contribution is 2.13. The molecule has 4 nitrogen and oxygen atoms in total. The fraction of sp³-hybridized carbons (Fsp3) is 0.333. The molecule has 0 aromatic carbocycles. The van der Waals surface area contributed by atoms with E-state index >= 15 is 0 Å². The van der Waals surface area contributed by atoms with Crippen molar-refractivity contribution in [1.82, 2.24) is 9.97 Å². The summed E-state index contributed by atoms with van der Waals surface area (Å²) >= 11 is 5.94. The standard InChI is InChI=1S/C12H14ClN3O/c1-2-3-11-15-10(13)6-12(16-11)14-7-9-4-5-17-8-9/h4-6,8H,2-3,7H2,1H3,(H,14,15,16). The summed E-state index contributed by atoms with van der Waals surface area (Å²) in [6.07, 6.45) is 5.18. The van der Waals surface area contributed by atoms with Crippen molar-refractivity contribution in [2.75, 3.05) is 5.32 Å². The molecule has 0 bridgehead atoms. The summed E-state index contributed by atoms with van der Waals surface area (Å²) in [6.45, 7) is 2.75. The summed E-state index contributed by atoms with van der Waals surface area (Å²) in [5.74, 6) is 1.52. The molecule has 2 rings (SSSR count). The van der Waals surface area contributed by atoms with E-state index in [-0.39, 0.29) is 0 Å². The minimum atomic E-state index is 0.471. The van der Waals surface area contributed by atoms with Crippen molar-refractivity contribution in [2.45, 2.75) is 26.3 Å². The topological polar surface area (TPSA) is 51.0 Å². The molecule has 1 N–H and O–H groups in total. The van der Waals surface area contributed by atoms with Gasteiger partial charge >= 0.3 is 0 Å². The minimum absolute atomic E-state index is 0.471. The molecule has 0 fully saturated rings. The lowest BCUT2D eigenvalue weighted by molar-refractivity contribution is 0.564. The van der Waals surface area contributed by atoms with Gasteiger partial charge in [-0.05, 0) is 12.5 Å². The van der Waals surface area contributed by atoms with Gasteiger partial charge in [0.2, 0.25) is 0 Å². The molecule has 0 atom stereocenters. The zero-order chi connectivity index (χ0) is 12.1. The Morgan fingerprint density at radius 2 is 2.29 bits per heavy atom. The second-order valence-electron chi connectivity index (χ2n) is 3.73. The second kappa shape index (κ2) is 5.68. The first kappa shape index (κ1) is 11.9. The number of hydrogen-bond acceptors (Lipinski definition) is 4. The van der Waals surface area contributed by atoms with Gasteiger partial charge in [0.15, 0.2) is 0 Å². The lowest BCUT2D eigenvalue weighted by Crippen LogP contribution is -2.04. The molecule has 0 unspecified atom stereocenters. The molecule has 5 heteroatoms. The number of hydrogen-bond donors (Lipinski definition) is 1. The predicted molar refractivity (Wildman–Crippen MR) is 67.1 cm³/mol. The van der Waals surface area contributed by atoms with Crippen molar-refractivity contribution >= 4 is 17.4 Å². The number of anilines is 1. The van der Waals surface area contributed by atoms with Crippen molar-refractivity contribution in [2.24, 2.45) is 0 Å². The Morgan fingerprint density at radius 1 is 1.41 bits per heavy atom. The van der Waals surface area contributed by atoms with Crippen molar-refractivity contribution in [1.29, 1.82) is 0 Å². The van der Waals surface area contributed by atoms with E-state index in [0.717, 1.165) is 30.0 Å². The number of aromatic nitrogens is 2. The highest BCUT2D eigenvalue weighted by atomic mass is 35.5. The lowest BCUT2D eigenvalue weighted by Gasteiger charge is -2.06. The molecule has 0 aliphatic heterocycles. The summed E-state index contributed by atoms with van der Waals surface area (Å²) in [4.78, 5) is 8.55. The van der Waals surface area contributed by atoms with Crippen molar-refractivity contribution in [3.8, 4) is 0 Å². The van der Waals surface area contributed by atoms with Gasteiger partial charge in [-0.2, -0.15) is 0 Å². The van der Waals surface area contributed by atoms with E-state index < -0.39 is 0 Å². The Labute approximate surface area is 105 Å². The van der Waals surface area contributed by atoms with Crippen molar-refractivity contribution in [3.05, 3.63) is 41.2 Å². The van der Waals surface area contributed by atoms with E-state index in [1.54, 1.807) is 18.6 Å². The maximum absolute atomic E-state index is 5.94. The van der Waals surface area contributed by atoms with Crippen LogP contribution in [0.1, 0.15) is 24.7 Å². The summed E-state index contributed by atoms with van der Waals surface area (Å²) in [7, 11) is 0. The third-order valence-corrected chi connectivity index (χ3v) is 2.46. The molecule has 2 aromatic rings. The van der Waals surface area contributed by atoms with Crippen LogP contribution in [0.2, 0.25) is 5.15 Å². The van der Waals surface area contributed by atoms with Gasteiger partial charge < -0.3 is 9.73 Å². The Balaban J connectivity index is 2.04. The van der Waals surface area contributed by atoms with Crippen LogP contribution in [0.3, 0.4) is 0 Å². The van der Waals surface area contributed by atoms with Crippen molar-refractivity contribution in [3.63, 3.8) is 0 Å². The maximum atomic E-state index is 5.94. The van der Waals surface area contributed by atoms with Crippen LogP contribution in [0.4, 0.5) is 5.82 Å². The first-order chi connectivity index (χ1) is 8.28. The van der Waals surface area contributed by atoms with Gasteiger partial charge in [0.05, 0.1) is 12.5 Å². The van der Waals surface area contributed by atoms with E-state index in [1.165, 1.54) is 0 Å². The number of aryl methyl sites for hydroxylation is 1. The molecule has 0 radical (unpaired) electrons. The summed E-state index contributed by atoms with van der Waals surface area (Å²) < 4.78 is 4.99. The minimum Gasteiger partial charge on any atom is -0.472 e. The monoisotopic (exact) mass is 251 g/mol.